The van der Waals surface area contributed by atoms with Crippen LogP contribution in [0, 0.1) is 0 Å². The zero-order valence-electron chi connectivity index (χ0n) is 7.18. The van der Waals surface area contributed by atoms with Crippen molar-refractivity contribution in [1.82, 2.24) is 4.98 Å². The maximum absolute atomic E-state index is 12.3. The quantitative estimate of drug-likeness (QED) is 0.907. The minimum absolute atomic E-state index is 0.0461. The number of carboxylic acid groups (broad SMARTS) is 1. The average Bonchev–Trinajstić information content (AvgIpc) is 2.05. The van der Waals surface area contributed by atoms with Crippen LogP contribution < -0.4 is 0 Å². The summed E-state index contributed by atoms with van der Waals surface area (Å²) in [5.41, 5.74) is -1.06. The summed E-state index contributed by atoms with van der Waals surface area (Å²) in [6.07, 6.45) is -4.13. The Labute approximate surface area is 91.1 Å². The Morgan fingerprint density at radius 2 is 2.13 bits per heavy atom. The number of carboxylic acids is 1. The molecule has 1 N–H and O–H groups in total. The molecule has 0 saturated heterocycles. The average molecular weight is 284 g/mol. The summed E-state index contributed by atoms with van der Waals surface area (Å²) in [6, 6.07) is 1.23. The maximum Gasteiger partial charge on any atom is 0.434 e. The van der Waals surface area contributed by atoms with Crippen molar-refractivity contribution < 1.29 is 23.1 Å². The number of hydrogen-bond donors (Lipinski definition) is 1. The maximum atomic E-state index is 12.3. The summed E-state index contributed by atoms with van der Waals surface area (Å²) < 4.78 is 36.7. The molecule has 15 heavy (non-hydrogen) atoms. The third kappa shape index (κ3) is 2.92. The van der Waals surface area contributed by atoms with Gasteiger partial charge < -0.3 is 5.11 Å². The van der Waals surface area contributed by atoms with E-state index in [0.717, 1.165) is 6.20 Å². The minimum Gasteiger partial charge on any atom is -0.481 e. The predicted octanol–water partition coefficient (Wildman–Crippen LogP) is 2.49. The zero-order valence-corrected chi connectivity index (χ0v) is 8.76. The van der Waals surface area contributed by atoms with E-state index >= 15 is 0 Å². The van der Waals surface area contributed by atoms with Crippen LogP contribution in [-0.4, -0.2) is 16.1 Å². The normalized spacial score (nSPS) is 11.5. The Bertz CT molecular complexity index is 392. The van der Waals surface area contributed by atoms with Crippen molar-refractivity contribution in [3.63, 3.8) is 0 Å². The summed E-state index contributed by atoms with van der Waals surface area (Å²) in [4.78, 5) is 13.5. The first-order chi connectivity index (χ1) is 6.82. The number of hydrogen-bond acceptors (Lipinski definition) is 2. The van der Waals surface area contributed by atoms with E-state index < -0.39 is 24.3 Å². The molecule has 0 aliphatic rings. The summed E-state index contributed by atoms with van der Waals surface area (Å²) >= 11 is 2.70. The fourth-order valence-electron chi connectivity index (χ4n) is 0.981. The third-order valence-corrected chi connectivity index (χ3v) is 2.46. The van der Waals surface area contributed by atoms with E-state index in [0.29, 0.717) is 0 Å². The first-order valence-electron chi connectivity index (χ1n) is 3.74. The van der Waals surface area contributed by atoms with Crippen molar-refractivity contribution >= 4 is 21.9 Å². The van der Waals surface area contributed by atoms with E-state index in [2.05, 4.69) is 20.9 Å². The molecule has 0 unspecified atom stereocenters. The first-order valence-corrected chi connectivity index (χ1v) is 4.54. The lowest BCUT2D eigenvalue weighted by atomic mass is 10.1. The number of halogens is 4. The monoisotopic (exact) mass is 283 g/mol. The standard InChI is InChI=1S/C8H5BrF3NO2/c9-6-4(3-5(14)15)1-2-13-7(6)8(10,11)12/h1-2H,3H2,(H,14,15). The van der Waals surface area contributed by atoms with Gasteiger partial charge in [0.2, 0.25) is 0 Å². The number of aliphatic carboxylic acids is 1. The molecule has 0 saturated carbocycles. The highest BCUT2D eigenvalue weighted by molar-refractivity contribution is 9.10. The highest BCUT2D eigenvalue weighted by Gasteiger charge is 2.35. The lowest BCUT2D eigenvalue weighted by Gasteiger charge is -2.10. The molecule has 0 radical (unpaired) electrons. The van der Waals surface area contributed by atoms with Gasteiger partial charge in [0.15, 0.2) is 5.69 Å². The molecule has 7 heteroatoms. The third-order valence-electron chi connectivity index (χ3n) is 1.58. The van der Waals surface area contributed by atoms with Crippen molar-refractivity contribution in [3.05, 3.63) is 28.0 Å². The van der Waals surface area contributed by atoms with Crippen LogP contribution in [0.5, 0.6) is 0 Å². The smallest absolute Gasteiger partial charge is 0.434 e. The Balaban J connectivity index is 3.17. The summed E-state index contributed by atoms with van der Waals surface area (Å²) in [6.45, 7) is 0. The number of alkyl halides is 3. The molecule has 0 aliphatic heterocycles. The molecule has 82 valence electrons. The van der Waals surface area contributed by atoms with E-state index in [1.807, 2.05) is 0 Å². The van der Waals surface area contributed by atoms with Gasteiger partial charge in [-0.15, -0.1) is 0 Å². The lowest BCUT2D eigenvalue weighted by Crippen LogP contribution is -2.11. The molecule has 1 aromatic rings. The molecule has 1 heterocycles. The fourth-order valence-corrected chi connectivity index (χ4v) is 1.58. The first kappa shape index (κ1) is 12.0. The molecule has 1 rings (SSSR count). The van der Waals surface area contributed by atoms with E-state index in [-0.39, 0.29) is 10.0 Å². The number of rotatable bonds is 2. The highest BCUT2D eigenvalue weighted by atomic mass is 79.9. The largest absolute Gasteiger partial charge is 0.481 e. The summed E-state index contributed by atoms with van der Waals surface area (Å²) in [7, 11) is 0. The van der Waals surface area contributed by atoms with E-state index in [9.17, 15) is 18.0 Å². The molecule has 0 atom stereocenters. The second-order valence-electron chi connectivity index (χ2n) is 2.70. The van der Waals surface area contributed by atoms with Gasteiger partial charge in [-0.2, -0.15) is 13.2 Å². The molecular formula is C8H5BrF3NO2. The molecule has 0 bridgehead atoms. The van der Waals surface area contributed by atoms with Crippen LogP contribution in [-0.2, 0) is 17.4 Å². The Morgan fingerprint density at radius 1 is 1.53 bits per heavy atom. The van der Waals surface area contributed by atoms with Gasteiger partial charge >= 0.3 is 12.1 Å². The van der Waals surface area contributed by atoms with Crippen LogP contribution in [0.2, 0.25) is 0 Å². The molecule has 0 aromatic carbocycles. The molecule has 0 fully saturated rings. The lowest BCUT2D eigenvalue weighted by molar-refractivity contribution is -0.142. The van der Waals surface area contributed by atoms with Crippen LogP contribution in [0.3, 0.4) is 0 Å². The zero-order chi connectivity index (χ0) is 11.6. The van der Waals surface area contributed by atoms with Crippen LogP contribution in [0.25, 0.3) is 0 Å². The topological polar surface area (TPSA) is 50.2 Å². The SMILES string of the molecule is O=C(O)Cc1ccnc(C(F)(F)F)c1Br. The van der Waals surface area contributed by atoms with Crippen molar-refractivity contribution in [2.24, 2.45) is 0 Å². The van der Waals surface area contributed by atoms with Crippen molar-refractivity contribution in [2.75, 3.05) is 0 Å². The molecule has 0 aliphatic carbocycles. The number of nitrogens with zero attached hydrogens (tertiary/aromatic N) is 1. The van der Waals surface area contributed by atoms with Crippen molar-refractivity contribution in [1.29, 1.82) is 0 Å². The Kier molecular flexibility index (Phi) is 3.33. The van der Waals surface area contributed by atoms with Gasteiger partial charge in [0.05, 0.1) is 10.9 Å². The summed E-state index contributed by atoms with van der Waals surface area (Å²) in [5.74, 6) is -1.20. The van der Waals surface area contributed by atoms with E-state index in [4.69, 9.17) is 5.11 Å². The predicted molar refractivity (Wildman–Crippen MR) is 48.3 cm³/mol. The van der Waals surface area contributed by atoms with E-state index in [1.165, 1.54) is 6.07 Å². The minimum atomic E-state index is -4.59. The van der Waals surface area contributed by atoms with Gasteiger partial charge in [0.25, 0.3) is 0 Å². The van der Waals surface area contributed by atoms with Crippen LogP contribution in [0.15, 0.2) is 16.7 Å². The van der Waals surface area contributed by atoms with Crippen molar-refractivity contribution in [2.45, 2.75) is 12.6 Å². The van der Waals surface area contributed by atoms with Crippen LogP contribution in [0.4, 0.5) is 13.2 Å². The van der Waals surface area contributed by atoms with Crippen molar-refractivity contribution in [3.8, 4) is 0 Å². The van der Waals surface area contributed by atoms with Gasteiger partial charge in [0, 0.05) is 6.20 Å². The summed E-state index contributed by atoms with van der Waals surface area (Å²) in [5, 5.41) is 8.46. The van der Waals surface area contributed by atoms with Crippen LogP contribution in [0.1, 0.15) is 11.3 Å². The molecule has 0 spiro atoms. The highest BCUT2D eigenvalue weighted by Crippen LogP contribution is 2.34. The van der Waals surface area contributed by atoms with Gasteiger partial charge in [-0.25, -0.2) is 0 Å². The molecule has 3 nitrogen and oxygen atoms in total. The van der Waals surface area contributed by atoms with E-state index in [1.54, 1.807) is 0 Å². The Morgan fingerprint density at radius 3 is 2.60 bits per heavy atom. The van der Waals surface area contributed by atoms with Gasteiger partial charge in [-0.05, 0) is 27.6 Å². The van der Waals surface area contributed by atoms with Crippen LogP contribution >= 0.6 is 15.9 Å². The molecular weight excluding hydrogens is 279 g/mol. The van der Waals surface area contributed by atoms with Gasteiger partial charge in [0.1, 0.15) is 0 Å². The fraction of sp³-hybridized carbons (Fsp3) is 0.250. The molecule has 0 amide bonds. The Hall–Kier alpha value is -1.11. The second-order valence-corrected chi connectivity index (χ2v) is 3.49. The second kappa shape index (κ2) is 4.18. The number of aromatic nitrogens is 1. The van der Waals surface area contributed by atoms with Gasteiger partial charge in [-0.3, -0.25) is 9.78 Å². The number of pyridine rings is 1. The molecule has 1 aromatic heterocycles. The van der Waals surface area contributed by atoms with Gasteiger partial charge in [-0.1, -0.05) is 0 Å². The number of carbonyl (C=O) groups is 1.